The van der Waals surface area contributed by atoms with Gasteiger partial charge < -0.3 is 4.74 Å². The van der Waals surface area contributed by atoms with E-state index in [0.717, 1.165) is 11.3 Å². The second kappa shape index (κ2) is 7.74. The number of para-hydroxylation sites is 1. The Balaban J connectivity index is 1.73. The summed E-state index contributed by atoms with van der Waals surface area (Å²) >= 11 is 6.04. The van der Waals surface area contributed by atoms with Crippen LogP contribution in [0.1, 0.15) is 5.56 Å². The summed E-state index contributed by atoms with van der Waals surface area (Å²) in [6.45, 7) is 1.97. The lowest BCUT2D eigenvalue weighted by Gasteiger charge is -2.13. The SMILES string of the molecule is Cc1cccc(Oc2nc3nn(-c4ccccc4)cc3c(=O)n2-c2ccc(Cl)cc2)c1. The van der Waals surface area contributed by atoms with Crippen LogP contribution in [0, 0.1) is 6.92 Å². The van der Waals surface area contributed by atoms with Crippen LogP contribution in [0.3, 0.4) is 0 Å². The predicted octanol–water partition coefficient (Wildman–Crippen LogP) is 5.33. The maximum atomic E-state index is 13.5. The summed E-state index contributed by atoms with van der Waals surface area (Å²) in [7, 11) is 0. The number of nitrogens with zero attached hydrogens (tertiary/aromatic N) is 4. The Morgan fingerprint density at radius 3 is 2.42 bits per heavy atom. The van der Waals surface area contributed by atoms with Gasteiger partial charge in [-0.2, -0.15) is 4.98 Å². The highest BCUT2D eigenvalue weighted by Gasteiger charge is 2.18. The van der Waals surface area contributed by atoms with E-state index in [1.807, 2.05) is 61.5 Å². The third-order valence-electron chi connectivity index (χ3n) is 4.83. The Morgan fingerprint density at radius 1 is 0.903 bits per heavy atom. The summed E-state index contributed by atoms with van der Waals surface area (Å²) < 4.78 is 9.12. The van der Waals surface area contributed by atoms with Crippen LogP contribution in [0.5, 0.6) is 11.8 Å². The average molecular weight is 429 g/mol. The third kappa shape index (κ3) is 3.69. The molecule has 0 saturated heterocycles. The van der Waals surface area contributed by atoms with E-state index in [2.05, 4.69) is 10.1 Å². The normalized spacial score (nSPS) is 11.0. The second-order valence-corrected chi connectivity index (χ2v) is 7.51. The molecule has 0 bridgehead atoms. The Hall–Kier alpha value is -3.90. The number of aryl methyl sites for hydroxylation is 1. The molecular weight excluding hydrogens is 412 g/mol. The summed E-state index contributed by atoms with van der Waals surface area (Å²) in [4.78, 5) is 18.1. The van der Waals surface area contributed by atoms with Gasteiger partial charge in [0.2, 0.25) is 0 Å². The van der Waals surface area contributed by atoms with Crippen molar-refractivity contribution in [2.45, 2.75) is 6.92 Å². The number of aromatic nitrogens is 4. The first-order chi connectivity index (χ1) is 15.1. The fraction of sp³-hybridized carbons (Fsp3) is 0.0417. The number of benzene rings is 3. The molecule has 152 valence electrons. The molecule has 0 atom stereocenters. The third-order valence-corrected chi connectivity index (χ3v) is 5.08. The monoisotopic (exact) mass is 428 g/mol. The fourth-order valence-corrected chi connectivity index (χ4v) is 3.46. The number of halogens is 1. The van der Waals surface area contributed by atoms with Crippen molar-refractivity contribution in [3.8, 4) is 23.1 Å². The molecule has 5 aromatic rings. The highest BCUT2D eigenvalue weighted by molar-refractivity contribution is 6.30. The van der Waals surface area contributed by atoms with Crippen molar-refractivity contribution in [2.24, 2.45) is 0 Å². The van der Waals surface area contributed by atoms with E-state index in [-0.39, 0.29) is 11.6 Å². The Kier molecular flexibility index (Phi) is 4.76. The minimum Gasteiger partial charge on any atom is -0.425 e. The molecule has 3 aromatic carbocycles. The smallest absolute Gasteiger partial charge is 0.311 e. The molecule has 0 spiro atoms. The van der Waals surface area contributed by atoms with Crippen LogP contribution in [0.2, 0.25) is 5.02 Å². The van der Waals surface area contributed by atoms with Gasteiger partial charge in [0.1, 0.15) is 11.1 Å². The van der Waals surface area contributed by atoms with Gasteiger partial charge in [-0.1, -0.05) is 41.9 Å². The van der Waals surface area contributed by atoms with Gasteiger partial charge in [0.15, 0.2) is 5.65 Å². The molecule has 0 aliphatic carbocycles. The molecule has 0 unspecified atom stereocenters. The van der Waals surface area contributed by atoms with Gasteiger partial charge in [-0.3, -0.25) is 4.79 Å². The zero-order valence-electron chi connectivity index (χ0n) is 16.6. The van der Waals surface area contributed by atoms with E-state index >= 15 is 0 Å². The number of rotatable bonds is 4. The summed E-state index contributed by atoms with van der Waals surface area (Å²) in [5, 5.41) is 5.46. The van der Waals surface area contributed by atoms with Crippen molar-refractivity contribution in [2.75, 3.05) is 0 Å². The molecule has 0 fully saturated rings. The minimum atomic E-state index is -0.280. The molecule has 2 aromatic heterocycles. The predicted molar refractivity (Wildman–Crippen MR) is 121 cm³/mol. The maximum Gasteiger partial charge on any atom is 0.311 e. The molecule has 6 nitrogen and oxygen atoms in total. The standard InChI is InChI=1S/C24H17ClN4O2/c1-16-6-5-9-20(14-16)31-24-26-22-21(15-28(27-22)18-7-3-2-4-8-18)23(30)29(24)19-12-10-17(25)11-13-19/h2-15H,1H3. The number of ether oxygens (including phenoxy) is 1. The topological polar surface area (TPSA) is 61.9 Å². The fourth-order valence-electron chi connectivity index (χ4n) is 3.33. The zero-order chi connectivity index (χ0) is 21.4. The molecule has 0 radical (unpaired) electrons. The van der Waals surface area contributed by atoms with Crippen LogP contribution in [0.15, 0.2) is 89.9 Å². The van der Waals surface area contributed by atoms with Crippen LogP contribution < -0.4 is 10.3 Å². The summed E-state index contributed by atoms with van der Waals surface area (Å²) in [5.41, 5.74) is 2.49. The summed E-state index contributed by atoms with van der Waals surface area (Å²) in [6, 6.07) is 24.2. The van der Waals surface area contributed by atoms with Crippen molar-refractivity contribution in [1.82, 2.24) is 19.3 Å². The molecule has 2 heterocycles. The van der Waals surface area contributed by atoms with E-state index in [0.29, 0.717) is 27.5 Å². The Morgan fingerprint density at radius 2 is 1.68 bits per heavy atom. The van der Waals surface area contributed by atoms with Gasteiger partial charge in [0.05, 0.1) is 11.4 Å². The lowest BCUT2D eigenvalue weighted by Crippen LogP contribution is -2.21. The lowest BCUT2D eigenvalue weighted by atomic mass is 10.2. The molecule has 5 rings (SSSR count). The first-order valence-electron chi connectivity index (χ1n) is 9.67. The number of hydrogen-bond donors (Lipinski definition) is 0. The summed E-state index contributed by atoms with van der Waals surface area (Å²) in [6.07, 6.45) is 1.68. The minimum absolute atomic E-state index is 0.128. The van der Waals surface area contributed by atoms with Gasteiger partial charge in [0.25, 0.3) is 5.56 Å². The van der Waals surface area contributed by atoms with Gasteiger partial charge in [-0.15, -0.1) is 5.10 Å². The molecule has 7 heteroatoms. The molecule has 31 heavy (non-hydrogen) atoms. The first kappa shape index (κ1) is 19.1. The number of fused-ring (bicyclic) bond motifs is 1. The lowest BCUT2D eigenvalue weighted by molar-refractivity contribution is 0.427. The maximum absolute atomic E-state index is 13.5. The van der Waals surface area contributed by atoms with E-state index in [1.54, 1.807) is 35.1 Å². The van der Waals surface area contributed by atoms with Crippen molar-refractivity contribution < 1.29 is 4.74 Å². The van der Waals surface area contributed by atoms with Crippen LogP contribution in [-0.2, 0) is 0 Å². The molecule has 0 N–H and O–H groups in total. The van der Waals surface area contributed by atoms with E-state index in [9.17, 15) is 4.79 Å². The highest BCUT2D eigenvalue weighted by atomic mass is 35.5. The zero-order valence-corrected chi connectivity index (χ0v) is 17.3. The van der Waals surface area contributed by atoms with Crippen molar-refractivity contribution in [1.29, 1.82) is 0 Å². The Bertz CT molecular complexity index is 1440. The van der Waals surface area contributed by atoms with Crippen LogP contribution in [-0.4, -0.2) is 19.3 Å². The molecule has 0 aliphatic heterocycles. The first-order valence-corrected chi connectivity index (χ1v) is 10.0. The second-order valence-electron chi connectivity index (χ2n) is 7.08. The molecule has 0 aliphatic rings. The average Bonchev–Trinajstić information content (AvgIpc) is 3.20. The van der Waals surface area contributed by atoms with Gasteiger partial charge in [-0.05, 0) is 61.0 Å². The van der Waals surface area contributed by atoms with Crippen LogP contribution in [0.4, 0.5) is 0 Å². The van der Waals surface area contributed by atoms with E-state index in [4.69, 9.17) is 16.3 Å². The molecule has 0 amide bonds. The van der Waals surface area contributed by atoms with Crippen molar-refractivity contribution in [3.63, 3.8) is 0 Å². The van der Waals surface area contributed by atoms with Crippen LogP contribution >= 0.6 is 11.6 Å². The highest BCUT2D eigenvalue weighted by Crippen LogP contribution is 2.25. The van der Waals surface area contributed by atoms with E-state index < -0.39 is 0 Å². The quantitative estimate of drug-likeness (QED) is 0.388. The molecule has 0 saturated carbocycles. The Labute approximate surface area is 182 Å². The van der Waals surface area contributed by atoms with E-state index in [1.165, 1.54) is 4.57 Å². The van der Waals surface area contributed by atoms with Crippen LogP contribution in [0.25, 0.3) is 22.4 Å². The van der Waals surface area contributed by atoms with Crippen molar-refractivity contribution >= 4 is 22.6 Å². The summed E-state index contributed by atoms with van der Waals surface area (Å²) in [5.74, 6) is 0.580. The number of hydrogen-bond acceptors (Lipinski definition) is 4. The van der Waals surface area contributed by atoms with Crippen molar-refractivity contribution in [3.05, 3.63) is 106 Å². The largest absolute Gasteiger partial charge is 0.425 e. The van der Waals surface area contributed by atoms with Gasteiger partial charge in [0, 0.05) is 11.2 Å². The van der Waals surface area contributed by atoms with Gasteiger partial charge in [-0.25, -0.2) is 9.25 Å². The van der Waals surface area contributed by atoms with Gasteiger partial charge >= 0.3 is 6.01 Å². The molecular formula is C24H17ClN4O2.